The van der Waals surface area contributed by atoms with Crippen molar-refractivity contribution >= 4 is 11.0 Å². The van der Waals surface area contributed by atoms with Gasteiger partial charge in [0.25, 0.3) is 0 Å². The molecule has 1 aromatic carbocycles. The van der Waals surface area contributed by atoms with E-state index in [1.807, 2.05) is 11.7 Å². The second-order valence-electron chi connectivity index (χ2n) is 3.96. The zero-order valence-electron chi connectivity index (χ0n) is 9.40. The van der Waals surface area contributed by atoms with Gasteiger partial charge in [0.15, 0.2) is 0 Å². The maximum Gasteiger partial charge on any atom is 0.116 e. The van der Waals surface area contributed by atoms with Crippen molar-refractivity contribution in [2.75, 3.05) is 0 Å². The second-order valence-corrected chi connectivity index (χ2v) is 3.96. The molecule has 0 aliphatic heterocycles. The molecule has 2 rings (SSSR count). The topological polar surface area (TPSA) is 30.7 Å². The summed E-state index contributed by atoms with van der Waals surface area (Å²) in [5, 5.41) is 8.26. The number of benzene rings is 1. The van der Waals surface area contributed by atoms with Gasteiger partial charge in [-0.3, -0.25) is 0 Å². The molecule has 0 aliphatic carbocycles. The predicted octanol–water partition coefficient (Wildman–Crippen LogP) is 2.70. The van der Waals surface area contributed by atoms with E-state index in [1.165, 1.54) is 24.8 Å². The Morgan fingerprint density at radius 3 is 2.93 bits per heavy atom. The second kappa shape index (κ2) is 4.43. The molecule has 0 amide bonds. The molecule has 0 aliphatic rings. The fraction of sp³-hybridized carbons (Fsp3) is 0.500. The van der Waals surface area contributed by atoms with Crippen LogP contribution in [0.15, 0.2) is 18.2 Å². The molecule has 0 saturated heterocycles. The Bertz CT molecular complexity index is 445. The molecule has 1 aromatic heterocycles. The van der Waals surface area contributed by atoms with Crippen molar-refractivity contribution < 1.29 is 0 Å². The third-order valence-corrected chi connectivity index (χ3v) is 2.78. The van der Waals surface area contributed by atoms with Crippen molar-refractivity contribution in [3.63, 3.8) is 0 Å². The first-order valence-electron chi connectivity index (χ1n) is 5.60. The Kier molecular flexibility index (Phi) is 2.99. The summed E-state index contributed by atoms with van der Waals surface area (Å²) in [6.07, 6.45) is 4.91. The third kappa shape index (κ3) is 2.01. The van der Waals surface area contributed by atoms with Crippen LogP contribution in [0.25, 0.3) is 11.0 Å². The maximum atomic E-state index is 4.21. The number of aryl methyl sites for hydroxylation is 2. The number of rotatable bonds is 4. The summed E-state index contributed by atoms with van der Waals surface area (Å²) in [5.41, 5.74) is 3.52. The van der Waals surface area contributed by atoms with Crippen LogP contribution in [0, 0.1) is 0 Å². The molecule has 0 spiro atoms. The maximum absolute atomic E-state index is 4.21. The summed E-state index contributed by atoms with van der Waals surface area (Å²) in [7, 11) is 1.94. The SMILES string of the molecule is CCCCCc1cccc2c1nnn2C. The van der Waals surface area contributed by atoms with E-state index in [1.54, 1.807) is 0 Å². The van der Waals surface area contributed by atoms with Crippen LogP contribution in [0.2, 0.25) is 0 Å². The summed E-state index contributed by atoms with van der Waals surface area (Å²) in [4.78, 5) is 0. The zero-order chi connectivity index (χ0) is 10.7. The molecule has 0 atom stereocenters. The summed E-state index contributed by atoms with van der Waals surface area (Å²) >= 11 is 0. The summed E-state index contributed by atoms with van der Waals surface area (Å²) in [6, 6.07) is 6.32. The Balaban J connectivity index is 2.26. The summed E-state index contributed by atoms with van der Waals surface area (Å²) in [5.74, 6) is 0. The minimum absolute atomic E-state index is 1.07. The van der Waals surface area contributed by atoms with Crippen LogP contribution in [0.5, 0.6) is 0 Å². The van der Waals surface area contributed by atoms with E-state index in [0.717, 1.165) is 17.5 Å². The van der Waals surface area contributed by atoms with Gasteiger partial charge in [-0.2, -0.15) is 0 Å². The highest BCUT2D eigenvalue weighted by Crippen LogP contribution is 2.17. The normalized spacial score (nSPS) is 11.1. The fourth-order valence-corrected chi connectivity index (χ4v) is 1.88. The van der Waals surface area contributed by atoms with E-state index in [2.05, 4.69) is 35.4 Å². The lowest BCUT2D eigenvalue weighted by Crippen LogP contribution is -1.90. The average molecular weight is 203 g/mol. The average Bonchev–Trinajstić information content (AvgIpc) is 2.62. The van der Waals surface area contributed by atoms with Crippen LogP contribution in [0.3, 0.4) is 0 Å². The zero-order valence-corrected chi connectivity index (χ0v) is 9.40. The molecule has 2 aromatic rings. The van der Waals surface area contributed by atoms with Gasteiger partial charge in [0.05, 0.1) is 5.52 Å². The quantitative estimate of drug-likeness (QED) is 0.715. The van der Waals surface area contributed by atoms with E-state index in [-0.39, 0.29) is 0 Å². The van der Waals surface area contributed by atoms with Crippen LogP contribution >= 0.6 is 0 Å². The van der Waals surface area contributed by atoms with E-state index in [0.29, 0.717) is 0 Å². The van der Waals surface area contributed by atoms with Crippen molar-refractivity contribution in [1.82, 2.24) is 15.0 Å². The third-order valence-electron chi connectivity index (χ3n) is 2.78. The molecular formula is C12H17N3. The first kappa shape index (κ1) is 10.1. The first-order valence-corrected chi connectivity index (χ1v) is 5.60. The monoisotopic (exact) mass is 203 g/mol. The molecule has 0 unspecified atom stereocenters. The highest BCUT2D eigenvalue weighted by atomic mass is 15.4. The van der Waals surface area contributed by atoms with Crippen LogP contribution < -0.4 is 0 Å². The van der Waals surface area contributed by atoms with Gasteiger partial charge in [0, 0.05) is 7.05 Å². The van der Waals surface area contributed by atoms with Crippen molar-refractivity contribution in [2.45, 2.75) is 32.6 Å². The standard InChI is InChI=1S/C12H17N3/c1-3-4-5-7-10-8-6-9-11-12(10)13-14-15(11)2/h6,8-9H,3-5,7H2,1-2H3. The van der Waals surface area contributed by atoms with Crippen LogP contribution in [-0.2, 0) is 13.5 Å². The Labute approximate surface area is 90.1 Å². The lowest BCUT2D eigenvalue weighted by molar-refractivity contribution is 0.718. The minimum Gasteiger partial charge on any atom is -0.248 e. The molecule has 3 heteroatoms. The molecule has 0 radical (unpaired) electrons. The van der Waals surface area contributed by atoms with Crippen molar-refractivity contribution in [3.8, 4) is 0 Å². The van der Waals surface area contributed by atoms with E-state index >= 15 is 0 Å². The summed E-state index contributed by atoms with van der Waals surface area (Å²) in [6.45, 7) is 2.23. The number of nitrogens with zero attached hydrogens (tertiary/aromatic N) is 3. The molecular weight excluding hydrogens is 186 g/mol. The predicted molar refractivity (Wildman–Crippen MR) is 61.7 cm³/mol. The van der Waals surface area contributed by atoms with Gasteiger partial charge in [-0.05, 0) is 24.5 Å². The number of hydrogen-bond acceptors (Lipinski definition) is 2. The first-order chi connectivity index (χ1) is 7.33. The Morgan fingerprint density at radius 2 is 2.13 bits per heavy atom. The van der Waals surface area contributed by atoms with E-state index in [9.17, 15) is 0 Å². The van der Waals surface area contributed by atoms with Crippen molar-refractivity contribution in [3.05, 3.63) is 23.8 Å². The van der Waals surface area contributed by atoms with Gasteiger partial charge in [-0.15, -0.1) is 5.10 Å². The van der Waals surface area contributed by atoms with E-state index in [4.69, 9.17) is 0 Å². The van der Waals surface area contributed by atoms with Gasteiger partial charge >= 0.3 is 0 Å². The molecule has 3 nitrogen and oxygen atoms in total. The summed E-state index contributed by atoms with van der Waals surface area (Å²) < 4.78 is 1.83. The smallest absolute Gasteiger partial charge is 0.116 e. The molecule has 0 N–H and O–H groups in total. The van der Waals surface area contributed by atoms with Crippen LogP contribution in [-0.4, -0.2) is 15.0 Å². The molecule has 80 valence electrons. The Morgan fingerprint density at radius 1 is 1.27 bits per heavy atom. The largest absolute Gasteiger partial charge is 0.248 e. The highest BCUT2D eigenvalue weighted by Gasteiger charge is 2.05. The lowest BCUT2D eigenvalue weighted by atomic mass is 10.1. The minimum atomic E-state index is 1.07. The molecule has 15 heavy (non-hydrogen) atoms. The molecule has 0 fully saturated rings. The van der Waals surface area contributed by atoms with Gasteiger partial charge in [-0.1, -0.05) is 37.1 Å². The van der Waals surface area contributed by atoms with E-state index < -0.39 is 0 Å². The molecule has 1 heterocycles. The van der Waals surface area contributed by atoms with Gasteiger partial charge in [0.2, 0.25) is 0 Å². The van der Waals surface area contributed by atoms with Crippen molar-refractivity contribution in [2.24, 2.45) is 7.05 Å². The van der Waals surface area contributed by atoms with Crippen LogP contribution in [0.4, 0.5) is 0 Å². The van der Waals surface area contributed by atoms with Crippen molar-refractivity contribution in [1.29, 1.82) is 0 Å². The highest BCUT2D eigenvalue weighted by molar-refractivity contribution is 5.77. The molecule has 0 saturated carbocycles. The van der Waals surface area contributed by atoms with Crippen LogP contribution in [0.1, 0.15) is 31.7 Å². The Hall–Kier alpha value is -1.38. The number of hydrogen-bond donors (Lipinski definition) is 0. The fourth-order valence-electron chi connectivity index (χ4n) is 1.88. The van der Waals surface area contributed by atoms with Gasteiger partial charge in [-0.25, -0.2) is 4.68 Å². The number of fused-ring (bicyclic) bond motifs is 1. The lowest BCUT2D eigenvalue weighted by Gasteiger charge is -2.01. The number of aromatic nitrogens is 3. The molecule has 0 bridgehead atoms. The number of unbranched alkanes of at least 4 members (excludes halogenated alkanes) is 2. The van der Waals surface area contributed by atoms with Gasteiger partial charge in [0.1, 0.15) is 5.52 Å². The van der Waals surface area contributed by atoms with Gasteiger partial charge < -0.3 is 0 Å².